The first kappa shape index (κ1) is 22.3. The van der Waals surface area contributed by atoms with Gasteiger partial charge in [0.15, 0.2) is 5.96 Å². The van der Waals surface area contributed by atoms with E-state index in [9.17, 15) is 0 Å². The van der Waals surface area contributed by atoms with Gasteiger partial charge in [0, 0.05) is 37.2 Å². The van der Waals surface area contributed by atoms with Crippen LogP contribution in [-0.4, -0.2) is 41.5 Å². The van der Waals surface area contributed by atoms with Gasteiger partial charge in [-0.15, -0.1) is 46.7 Å². The van der Waals surface area contributed by atoms with Crippen LogP contribution in [0.1, 0.15) is 40.5 Å². The van der Waals surface area contributed by atoms with Gasteiger partial charge in [0.05, 0.1) is 23.8 Å². The molecule has 0 aliphatic carbocycles. The zero-order chi connectivity index (χ0) is 17.5. The van der Waals surface area contributed by atoms with Crippen molar-refractivity contribution in [2.75, 3.05) is 20.7 Å². The second-order valence-corrected chi connectivity index (χ2v) is 7.64. The van der Waals surface area contributed by atoms with E-state index in [0.717, 1.165) is 28.2 Å². The maximum absolute atomic E-state index is 5.32. The third-order valence-electron chi connectivity index (χ3n) is 3.42. The maximum atomic E-state index is 5.32. The Morgan fingerprint density at radius 3 is 2.84 bits per heavy atom. The predicted molar refractivity (Wildman–Crippen MR) is 116 cm³/mol. The van der Waals surface area contributed by atoms with E-state index >= 15 is 0 Å². The number of ether oxygens (including phenoxy) is 1. The number of nitrogens with one attached hydrogen (secondary N) is 1. The lowest BCUT2D eigenvalue weighted by Gasteiger charge is -2.21. The molecule has 0 amide bonds. The molecule has 2 rings (SSSR count). The molecular formula is C16H26IN5OS2. The van der Waals surface area contributed by atoms with Crippen molar-refractivity contribution in [1.29, 1.82) is 0 Å². The van der Waals surface area contributed by atoms with Crippen molar-refractivity contribution in [3.05, 3.63) is 32.2 Å². The lowest BCUT2D eigenvalue weighted by Crippen LogP contribution is -2.38. The van der Waals surface area contributed by atoms with Crippen LogP contribution in [0.4, 0.5) is 0 Å². The molecule has 0 fully saturated rings. The summed E-state index contributed by atoms with van der Waals surface area (Å²) in [5.41, 5.74) is 1.03. The quantitative estimate of drug-likeness (QED) is 0.360. The molecule has 25 heavy (non-hydrogen) atoms. The van der Waals surface area contributed by atoms with Crippen molar-refractivity contribution in [2.45, 2.75) is 40.0 Å². The summed E-state index contributed by atoms with van der Waals surface area (Å²) in [5, 5.41) is 7.49. The van der Waals surface area contributed by atoms with Gasteiger partial charge in [-0.1, -0.05) is 0 Å². The first-order valence-electron chi connectivity index (χ1n) is 7.91. The van der Waals surface area contributed by atoms with Gasteiger partial charge >= 0.3 is 0 Å². The summed E-state index contributed by atoms with van der Waals surface area (Å²) >= 11 is 3.32. The minimum atomic E-state index is 0. The minimum absolute atomic E-state index is 0. The molecule has 0 saturated heterocycles. The van der Waals surface area contributed by atoms with E-state index in [1.165, 1.54) is 4.88 Å². The van der Waals surface area contributed by atoms with Crippen molar-refractivity contribution in [2.24, 2.45) is 4.99 Å². The molecule has 1 atom stereocenters. The second kappa shape index (κ2) is 11.0. The summed E-state index contributed by atoms with van der Waals surface area (Å²) in [7, 11) is 3.73. The number of hydrogen-bond acceptors (Lipinski definition) is 6. The van der Waals surface area contributed by atoms with E-state index in [0.29, 0.717) is 13.1 Å². The molecule has 0 aromatic carbocycles. The number of halogens is 1. The number of methoxy groups -OCH3 is 1. The molecule has 1 N–H and O–H groups in total. The zero-order valence-electron chi connectivity index (χ0n) is 15.3. The van der Waals surface area contributed by atoms with Crippen LogP contribution < -0.4 is 5.32 Å². The summed E-state index contributed by atoms with van der Waals surface area (Å²) in [6.07, 6.45) is 1.93. The Morgan fingerprint density at radius 1 is 1.48 bits per heavy atom. The topological polar surface area (TPSA) is 62.6 Å². The predicted octanol–water partition coefficient (Wildman–Crippen LogP) is 3.83. The molecule has 0 saturated carbocycles. The molecule has 0 aliphatic heterocycles. The summed E-state index contributed by atoms with van der Waals surface area (Å²) in [6.45, 7) is 8.27. The largest absolute Gasteiger partial charge is 0.375 e. The number of aliphatic imine (C=N–C) groups is 1. The highest BCUT2D eigenvalue weighted by molar-refractivity contribution is 14.0. The van der Waals surface area contributed by atoms with Crippen LogP contribution in [0.3, 0.4) is 0 Å². The van der Waals surface area contributed by atoms with Crippen molar-refractivity contribution in [3.8, 4) is 0 Å². The van der Waals surface area contributed by atoms with Gasteiger partial charge in [0.1, 0.15) is 11.1 Å². The van der Waals surface area contributed by atoms with Gasteiger partial charge in [-0.05, 0) is 20.8 Å². The van der Waals surface area contributed by atoms with Gasteiger partial charge in [-0.25, -0.2) is 15.0 Å². The molecule has 2 aromatic rings. The molecule has 2 aromatic heterocycles. The summed E-state index contributed by atoms with van der Waals surface area (Å²) < 4.78 is 5.32. The minimum Gasteiger partial charge on any atom is -0.375 e. The van der Waals surface area contributed by atoms with Gasteiger partial charge < -0.3 is 15.0 Å². The number of thiazole rings is 2. The number of aryl methyl sites for hydroxylation is 1. The summed E-state index contributed by atoms with van der Waals surface area (Å²) in [4.78, 5) is 16.9. The standard InChI is InChI=1S/C16H25N5OS2.HI/c1-6-17-16(19-8-14-7-18-12(3)24-14)21(4)9-13-10-23-15(20-13)11(2)22-5;/h7,10-11H,6,8-9H2,1-5H3,(H,17,19);1H. The van der Waals surface area contributed by atoms with Gasteiger partial charge in [0.2, 0.25) is 0 Å². The fourth-order valence-electron chi connectivity index (χ4n) is 2.10. The average Bonchev–Trinajstić information content (AvgIpc) is 3.19. The number of rotatable bonds is 7. The van der Waals surface area contributed by atoms with E-state index in [2.05, 4.69) is 32.5 Å². The monoisotopic (exact) mass is 495 g/mol. The lowest BCUT2D eigenvalue weighted by atomic mass is 10.4. The molecule has 0 radical (unpaired) electrons. The van der Waals surface area contributed by atoms with Crippen LogP contribution in [0.2, 0.25) is 0 Å². The Hall–Kier alpha value is -0.780. The van der Waals surface area contributed by atoms with Gasteiger partial charge in [0.25, 0.3) is 0 Å². The molecule has 1 unspecified atom stereocenters. The number of hydrogen-bond donors (Lipinski definition) is 1. The maximum Gasteiger partial charge on any atom is 0.194 e. The van der Waals surface area contributed by atoms with Crippen LogP contribution >= 0.6 is 46.7 Å². The summed E-state index contributed by atoms with van der Waals surface area (Å²) in [5.74, 6) is 0.873. The summed E-state index contributed by atoms with van der Waals surface area (Å²) in [6, 6.07) is 0. The van der Waals surface area contributed by atoms with Crippen LogP contribution in [0, 0.1) is 6.92 Å². The Labute approximate surface area is 174 Å². The molecular weight excluding hydrogens is 469 g/mol. The Balaban J connectivity index is 0.00000312. The van der Waals surface area contributed by atoms with Crippen molar-refractivity contribution >= 4 is 52.6 Å². The first-order chi connectivity index (χ1) is 11.5. The van der Waals surface area contributed by atoms with Crippen LogP contribution in [-0.2, 0) is 17.8 Å². The third-order valence-corrected chi connectivity index (χ3v) is 5.37. The lowest BCUT2D eigenvalue weighted by molar-refractivity contribution is 0.119. The Kier molecular flexibility index (Phi) is 9.83. The fraction of sp³-hybridized carbons (Fsp3) is 0.562. The number of aromatic nitrogens is 2. The highest BCUT2D eigenvalue weighted by Gasteiger charge is 2.12. The molecule has 0 aliphatic rings. The van der Waals surface area contributed by atoms with E-state index in [1.807, 2.05) is 27.1 Å². The Morgan fingerprint density at radius 2 is 2.24 bits per heavy atom. The van der Waals surface area contributed by atoms with E-state index < -0.39 is 0 Å². The first-order valence-corrected chi connectivity index (χ1v) is 9.61. The number of guanidine groups is 1. The van der Waals surface area contributed by atoms with Crippen LogP contribution in [0.5, 0.6) is 0 Å². The van der Waals surface area contributed by atoms with Gasteiger partial charge in [-0.3, -0.25) is 0 Å². The van der Waals surface area contributed by atoms with Crippen molar-refractivity contribution < 1.29 is 4.74 Å². The molecule has 0 spiro atoms. The van der Waals surface area contributed by atoms with Gasteiger partial charge in [-0.2, -0.15) is 0 Å². The molecule has 0 bridgehead atoms. The molecule has 9 heteroatoms. The normalized spacial score (nSPS) is 12.6. The van der Waals surface area contributed by atoms with Crippen LogP contribution in [0.15, 0.2) is 16.6 Å². The smallest absolute Gasteiger partial charge is 0.194 e. The fourth-order valence-corrected chi connectivity index (χ4v) is 3.66. The van der Waals surface area contributed by atoms with Crippen molar-refractivity contribution in [1.82, 2.24) is 20.2 Å². The molecule has 6 nitrogen and oxygen atoms in total. The van der Waals surface area contributed by atoms with E-state index in [1.54, 1.807) is 29.8 Å². The zero-order valence-corrected chi connectivity index (χ0v) is 19.2. The molecule has 140 valence electrons. The molecule has 2 heterocycles. The number of nitrogens with zero attached hydrogens (tertiary/aromatic N) is 4. The highest BCUT2D eigenvalue weighted by Crippen LogP contribution is 2.21. The van der Waals surface area contributed by atoms with E-state index in [-0.39, 0.29) is 30.1 Å². The highest BCUT2D eigenvalue weighted by atomic mass is 127. The van der Waals surface area contributed by atoms with Crippen LogP contribution in [0.25, 0.3) is 0 Å². The Bertz CT molecular complexity index is 673. The van der Waals surface area contributed by atoms with Crippen molar-refractivity contribution in [3.63, 3.8) is 0 Å². The average molecular weight is 495 g/mol. The second-order valence-electron chi connectivity index (χ2n) is 5.43. The SMILES string of the molecule is CCNC(=NCc1cnc(C)s1)N(C)Cc1csc(C(C)OC)n1.I. The van der Waals surface area contributed by atoms with E-state index in [4.69, 9.17) is 9.73 Å². The third kappa shape index (κ3) is 6.80.